The lowest BCUT2D eigenvalue weighted by Gasteiger charge is -2.21. The van der Waals surface area contributed by atoms with Crippen LogP contribution in [0, 0.1) is 6.92 Å². The predicted molar refractivity (Wildman–Crippen MR) is 77.0 cm³/mol. The number of rotatable bonds is 5. The summed E-state index contributed by atoms with van der Waals surface area (Å²) < 4.78 is 1.58. The van der Waals surface area contributed by atoms with E-state index in [-0.39, 0.29) is 17.9 Å². The topological polar surface area (TPSA) is 79.6 Å². The fourth-order valence-corrected chi connectivity index (χ4v) is 2.70. The van der Waals surface area contributed by atoms with E-state index in [4.69, 9.17) is 5.11 Å². The Morgan fingerprint density at radius 1 is 1.43 bits per heavy atom. The summed E-state index contributed by atoms with van der Waals surface area (Å²) in [5.41, 5.74) is 0.629. The fourth-order valence-electron chi connectivity index (χ4n) is 2.70. The Morgan fingerprint density at radius 3 is 2.90 bits per heavy atom. The summed E-state index contributed by atoms with van der Waals surface area (Å²) in [6.07, 6.45) is 3.77. The molecule has 0 bridgehead atoms. The van der Waals surface area contributed by atoms with Crippen molar-refractivity contribution in [1.82, 2.24) is 9.47 Å². The van der Waals surface area contributed by atoms with Gasteiger partial charge in [0.25, 0.3) is 5.56 Å². The van der Waals surface area contributed by atoms with Crippen LogP contribution < -0.4 is 5.56 Å². The molecule has 1 aliphatic heterocycles. The van der Waals surface area contributed by atoms with Crippen molar-refractivity contribution in [3.63, 3.8) is 0 Å². The zero-order chi connectivity index (χ0) is 15.4. The molecule has 1 aliphatic rings. The maximum Gasteiger partial charge on any atom is 0.326 e. The summed E-state index contributed by atoms with van der Waals surface area (Å²) >= 11 is 0. The zero-order valence-corrected chi connectivity index (χ0v) is 12.1. The van der Waals surface area contributed by atoms with E-state index in [0.29, 0.717) is 31.5 Å². The van der Waals surface area contributed by atoms with E-state index in [1.807, 2.05) is 0 Å². The van der Waals surface area contributed by atoms with Gasteiger partial charge >= 0.3 is 5.97 Å². The molecular weight excluding hydrogens is 272 g/mol. The largest absolute Gasteiger partial charge is 0.480 e. The first kappa shape index (κ1) is 15.3. The highest BCUT2D eigenvalue weighted by Gasteiger charge is 2.33. The molecule has 114 valence electrons. The van der Waals surface area contributed by atoms with Crippen molar-refractivity contribution in [2.75, 3.05) is 6.54 Å². The van der Waals surface area contributed by atoms with E-state index in [1.54, 1.807) is 29.8 Å². The van der Waals surface area contributed by atoms with Gasteiger partial charge < -0.3 is 14.6 Å². The molecule has 1 amide bonds. The summed E-state index contributed by atoms with van der Waals surface area (Å²) in [6.45, 7) is 2.74. The van der Waals surface area contributed by atoms with Crippen LogP contribution in [-0.2, 0) is 16.1 Å². The van der Waals surface area contributed by atoms with E-state index in [2.05, 4.69) is 0 Å². The van der Waals surface area contributed by atoms with Crippen LogP contribution in [-0.4, -0.2) is 39.0 Å². The van der Waals surface area contributed by atoms with Gasteiger partial charge in [0, 0.05) is 31.3 Å². The molecule has 1 fully saturated rings. The number of hydrogen-bond acceptors (Lipinski definition) is 3. The third-order valence-corrected chi connectivity index (χ3v) is 3.86. The predicted octanol–water partition coefficient (Wildman–Crippen LogP) is 1.01. The first-order valence-corrected chi connectivity index (χ1v) is 7.19. The van der Waals surface area contributed by atoms with Crippen molar-refractivity contribution in [2.45, 2.75) is 45.2 Å². The van der Waals surface area contributed by atoms with Gasteiger partial charge in [-0.25, -0.2) is 4.79 Å². The minimum atomic E-state index is -0.934. The van der Waals surface area contributed by atoms with Gasteiger partial charge in [-0.3, -0.25) is 9.59 Å². The van der Waals surface area contributed by atoms with Crippen LogP contribution in [0.25, 0.3) is 0 Å². The SMILES string of the molecule is Cc1cccn(CCCC(=O)N2CCCC2C(=O)O)c1=O. The van der Waals surface area contributed by atoms with Crippen LogP contribution in [0.2, 0.25) is 0 Å². The number of carboxylic acids is 1. The molecule has 0 saturated carbocycles. The van der Waals surface area contributed by atoms with Crippen molar-refractivity contribution in [3.05, 3.63) is 34.2 Å². The van der Waals surface area contributed by atoms with E-state index in [1.165, 1.54) is 4.90 Å². The molecule has 0 aliphatic carbocycles. The van der Waals surface area contributed by atoms with Gasteiger partial charge in [-0.1, -0.05) is 6.07 Å². The summed E-state index contributed by atoms with van der Waals surface area (Å²) in [5, 5.41) is 9.06. The number of carboxylic acid groups (broad SMARTS) is 1. The van der Waals surface area contributed by atoms with E-state index < -0.39 is 12.0 Å². The number of carbonyl (C=O) groups is 2. The summed E-state index contributed by atoms with van der Waals surface area (Å²) in [4.78, 5) is 36.4. The highest BCUT2D eigenvalue weighted by molar-refractivity contribution is 5.84. The molecule has 6 heteroatoms. The van der Waals surface area contributed by atoms with Crippen LogP contribution in [0.5, 0.6) is 0 Å². The third kappa shape index (κ3) is 3.51. The number of pyridine rings is 1. The number of hydrogen-bond donors (Lipinski definition) is 1. The first-order chi connectivity index (χ1) is 10.0. The van der Waals surface area contributed by atoms with Crippen LogP contribution in [0.3, 0.4) is 0 Å². The normalized spacial score (nSPS) is 18.0. The quantitative estimate of drug-likeness (QED) is 0.878. The number of aromatic nitrogens is 1. The second-order valence-corrected chi connectivity index (χ2v) is 5.38. The molecule has 1 aromatic rings. The smallest absolute Gasteiger partial charge is 0.326 e. The average molecular weight is 292 g/mol. The monoisotopic (exact) mass is 292 g/mol. The van der Waals surface area contributed by atoms with Gasteiger partial charge in [-0.2, -0.15) is 0 Å². The van der Waals surface area contributed by atoms with Gasteiger partial charge in [0.05, 0.1) is 0 Å². The first-order valence-electron chi connectivity index (χ1n) is 7.19. The van der Waals surface area contributed by atoms with Crippen molar-refractivity contribution < 1.29 is 14.7 Å². The number of likely N-dealkylation sites (tertiary alicyclic amines) is 1. The molecule has 1 atom stereocenters. The lowest BCUT2D eigenvalue weighted by Crippen LogP contribution is -2.40. The minimum Gasteiger partial charge on any atom is -0.480 e. The van der Waals surface area contributed by atoms with Gasteiger partial charge in [0.15, 0.2) is 0 Å². The Kier molecular flexibility index (Phi) is 4.77. The second-order valence-electron chi connectivity index (χ2n) is 5.38. The van der Waals surface area contributed by atoms with Crippen molar-refractivity contribution >= 4 is 11.9 Å². The second kappa shape index (κ2) is 6.56. The molecule has 0 radical (unpaired) electrons. The van der Waals surface area contributed by atoms with Crippen LogP contribution in [0.15, 0.2) is 23.1 Å². The summed E-state index contributed by atoms with van der Waals surface area (Å²) in [6, 6.07) is 2.88. The van der Waals surface area contributed by atoms with Crippen LogP contribution in [0.1, 0.15) is 31.2 Å². The Bertz CT molecular complexity index is 594. The van der Waals surface area contributed by atoms with Crippen LogP contribution in [0.4, 0.5) is 0 Å². The number of carbonyl (C=O) groups excluding carboxylic acids is 1. The Labute approximate surface area is 123 Å². The molecule has 2 heterocycles. The molecule has 2 rings (SSSR count). The highest BCUT2D eigenvalue weighted by atomic mass is 16.4. The summed E-state index contributed by atoms with van der Waals surface area (Å²) in [7, 11) is 0. The Balaban J connectivity index is 1.88. The lowest BCUT2D eigenvalue weighted by molar-refractivity contribution is -0.148. The molecular formula is C15H20N2O4. The van der Waals surface area contributed by atoms with Crippen molar-refractivity contribution in [1.29, 1.82) is 0 Å². The van der Waals surface area contributed by atoms with Crippen molar-refractivity contribution in [3.8, 4) is 0 Å². The maximum absolute atomic E-state index is 12.1. The third-order valence-electron chi connectivity index (χ3n) is 3.86. The van der Waals surface area contributed by atoms with E-state index in [9.17, 15) is 14.4 Å². The molecule has 0 aromatic carbocycles. The maximum atomic E-state index is 12.1. The molecule has 1 N–H and O–H groups in total. The summed E-state index contributed by atoms with van der Waals surface area (Å²) in [5.74, 6) is -1.07. The van der Waals surface area contributed by atoms with Gasteiger partial charge in [-0.15, -0.1) is 0 Å². The number of aliphatic carboxylic acids is 1. The van der Waals surface area contributed by atoms with Gasteiger partial charge in [0.1, 0.15) is 6.04 Å². The fraction of sp³-hybridized carbons (Fsp3) is 0.533. The van der Waals surface area contributed by atoms with E-state index in [0.717, 1.165) is 6.42 Å². The molecule has 21 heavy (non-hydrogen) atoms. The van der Waals surface area contributed by atoms with E-state index >= 15 is 0 Å². The average Bonchev–Trinajstić information content (AvgIpc) is 2.93. The van der Waals surface area contributed by atoms with Gasteiger partial charge in [-0.05, 0) is 32.3 Å². The zero-order valence-electron chi connectivity index (χ0n) is 12.1. The lowest BCUT2D eigenvalue weighted by atomic mass is 10.2. The molecule has 0 spiro atoms. The minimum absolute atomic E-state index is 0.0467. The van der Waals surface area contributed by atoms with Crippen LogP contribution >= 0.6 is 0 Å². The van der Waals surface area contributed by atoms with Gasteiger partial charge in [0.2, 0.25) is 5.91 Å². The molecule has 6 nitrogen and oxygen atoms in total. The number of amides is 1. The number of aryl methyl sites for hydroxylation is 2. The molecule has 1 saturated heterocycles. The van der Waals surface area contributed by atoms with Crippen molar-refractivity contribution in [2.24, 2.45) is 0 Å². The highest BCUT2D eigenvalue weighted by Crippen LogP contribution is 2.18. The number of nitrogens with zero attached hydrogens (tertiary/aromatic N) is 2. The Hall–Kier alpha value is -2.11. The standard InChI is InChI=1S/C15H20N2O4/c1-11-5-2-8-16(14(11)19)9-4-7-13(18)17-10-3-6-12(17)15(20)21/h2,5,8,12H,3-4,6-7,9-10H2,1H3,(H,20,21). The molecule has 1 aromatic heterocycles. The molecule has 1 unspecified atom stereocenters. The Morgan fingerprint density at radius 2 is 2.19 bits per heavy atom.